The molecule has 4 aromatic rings. The van der Waals surface area contributed by atoms with Crippen molar-refractivity contribution in [2.24, 2.45) is 0 Å². The third-order valence-electron chi connectivity index (χ3n) is 6.18. The molecule has 0 saturated heterocycles. The van der Waals surface area contributed by atoms with Gasteiger partial charge in [0, 0.05) is 24.8 Å². The second-order valence-electron chi connectivity index (χ2n) is 8.86. The highest BCUT2D eigenvalue weighted by Gasteiger charge is 2.03. The van der Waals surface area contributed by atoms with E-state index in [1.165, 1.54) is 62.5 Å². The van der Waals surface area contributed by atoms with E-state index in [1.54, 1.807) is 0 Å². The van der Waals surface area contributed by atoms with Crippen LogP contribution < -0.4 is 0 Å². The van der Waals surface area contributed by atoms with Crippen LogP contribution in [0.1, 0.15) is 62.5 Å². The van der Waals surface area contributed by atoms with Gasteiger partial charge in [-0.1, -0.05) is 50.7 Å². The Labute approximate surface area is 203 Å². The van der Waals surface area contributed by atoms with Crippen molar-refractivity contribution < 1.29 is 0 Å². The summed E-state index contributed by atoms with van der Waals surface area (Å²) in [6.45, 7) is 0. The molecule has 4 aromatic heterocycles. The van der Waals surface area contributed by atoms with Crippen LogP contribution in [0.4, 0.5) is 0 Å². The lowest BCUT2D eigenvalue weighted by Crippen LogP contribution is -1.92. The van der Waals surface area contributed by atoms with Crippen molar-refractivity contribution in [3.8, 4) is 22.8 Å². The highest BCUT2D eigenvalue weighted by molar-refractivity contribution is 5.55. The molecule has 34 heavy (non-hydrogen) atoms. The van der Waals surface area contributed by atoms with Crippen LogP contribution in [0, 0.1) is 0 Å². The van der Waals surface area contributed by atoms with E-state index in [-0.39, 0.29) is 0 Å². The zero-order valence-electron chi connectivity index (χ0n) is 19.9. The minimum Gasteiger partial charge on any atom is -0.255 e. The van der Waals surface area contributed by atoms with E-state index in [0.29, 0.717) is 0 Å². The van der Waals surface area contributed by atoms with Crippen LogP contribution in [-0.4, -0.2) is 19.9 Å². The normalized spacial score (nSPS) is 10.9. The van der Waals surface area contributed by atoms with Gasteiger partial charge in [0.15, 0.2) is 0 Å². The topological polar surface area (TPSA) is 51.6 Å². The molecular weight excluding hydrogens is 416 g/mol. The number of rotatable bonds is 13. The van der Waals surface area contributed by atoms with Crippen molar-refractivity contribution in [3.05, 3.63) is 96.6 Å². The lowest BCUT2D eigenvalue weighted by Gasteiger charge is -2.06. The zero-order chi connectivity index (χ0) is 23.3. The number of nitrogens with zero attached hydrogens (tertiary/aromatic N) is 4. The molecule has 0 N–H and O–H groups in total. The monoisotopic (exact) mass is 450 g/mol. The van der Waals surface area contributed by atoms with Crippen LogP contribution >= 0.6 is 0 Å². The Morgan fingerprint density at radius 3 is 1.21 bits per heavy atom. The minimum absolute atomic E-state index is 0.946. The Bertz CT molecular complexity index is 1020. The van der Waals surface area contributed by atoms with E-state index >= 15 is 0 Å². The number of aromatic nitrogens is 4. The summed E-state index contributed by atoms with van der Waals surface area (Å²) in [7, 11) is 0. The highest BCUT2D eigenvalue weighted by atomic mass is 14.8. The molecular formula is C30H34N4. The lowest BCUT2D eigenvalue weighted by molar-refractivity contribution is 0.567. The second-order valence-corrected chi connectivity index (χ2v) is 8.86. The fourth-order valence-corrected chi connectivity index (χ4v) is 4.29. The Hall–Kier alpha value is -3.40. The summed E-state index contributed by atoms with van der Waals surface area (Å²) >= 11 is 0. The van der Waals surface area contributed by atoms with Gasteiger partial charge in [0.05, 0.1) is 22.8 Å². The molecule has 0 aliphatic carbocycles. The summed E-state index contributed by atoms with van der Waals surface area (Å²) in [5, 5.41) is 0. The summed E-state index contributed by atoms with van der Waals surface area (Å²) < 4.78 is 0. The molecule has 4 nitrogen and oxygen atoms in total. The van der Waals surface area contributed by atoms with Gasteiger partial charge in [-0.2, -0.15) is 0 Å². The molecule has 0 saturated carbocycles. The first-order valence-electron chi connectivity index (χ1n) is 12.6. The minimum atomic E-state index is 0.946. The largest absolute Gasteiger partial charge is 0.255 e. The van der Waals surface area contributed by atoms with Crippen LogP contribution in [0.15, 0.2) is 85.5 Å². The first-order chi connectivity index (χ1) is 16.9. The van der Waals surface area contributed by atoms with Gasteiger partial charge >= 0.3 is 0 Å². The maximum absolute atomic E-state index is 4.47. The van der Waals surface area contributed by atoms with Gasteiger partial charge in [-0.05, 0) is 85.3 Å². The number of hydrogen-bond donors (Lipinski definition) is 0. The molecule has 0 aromatic carbocycles. The molecule has 0 spiro atoms. The Kier molecular flexibility index (Phi) is 9.32. The summed E-state index contributed by atoms with van der Waals surface area (Å²) in [6, 6.07) is 20.6. The predicted octanol–water partition coefficient (Wildman–Crippen LogP) is 7.51. The van der Waals surface area contributed by atoms with Crippen molar-refractivity contribution >= 4 is 0 Å². The summed E-state index contributed by atoms with van der Waals surface area (Å²) in [5.74, 6) is 0. The molecule has 0 amide bonds. The molecule has 0 aliphatic heterocycles. The van der Waals surface area contributed by atoms with Crippen molar-refractivity contribution in [1.29, 1.82) is 0 Å². The Morgan fingerprint density at radius 1 is 0.382 bits per heavy atom. The zero-order valence-corrected chi connectivity index (χ0v) is 19.9. The van der Waals surface area contributed by atoms with Gasteiger partial charge < -0.3 is 0 Å². The third kappa shape index (κ3) is 7.58. The maximum atomic E-state index is 4.47. The molecule has 4 heteroatoms. The Balaban J connectivity index is 1.06. The first-order valence-corrected chi connectivity index (χ1v) is 12.6. The average Bonchev–Trinajstić information content (AvgIpc) is 2.91. The van der Waals surface area contributed by atoms with Gasteiger partial charge in [0.2, 0.25) is 0 Å². The van der Waals surface area contributed by atoms with Crippen molar-refractivity contribution in [2.45, 2.75) is 64.2 Å². The third-order valence-corrected chi connectivity index (χ3v) is 6.18. The van der Waals surface area contributed by atoms with E-state index in [1.807, 2.05) is 61.2 Å². The van der Waals surface area contributed by atoms with Gasteiger partial charge in [0.1, 0.15) is 0 Å². The number of hydrogen-bond acceptors (Lipinski definition) is 4. The predicted molar refractivity (Wildman–Crippen MR) is 139 cm³/mol. The molecule has 0 fully saturated rings. The number of pyridine rings is 4. The van der Waals surface area contributed by atoms with Crippen LogP contribution in [0.2, 0.25) is 0 Å². The quantitative estimate of drug-likeness (QED) is 0.198. The molecule has 174 valence electrons. The van der Waals surface area contributed by atoms with E-state index in [4.69, 9.17) is 0 Å². The van der Waals surface area contributed by atoms with Gasteiger partial charge in [-0.3, -0.25) is 19.9 Å². The van der Waals surface area contributed by atoms with Crippen molar-refractivity contribution in [2.75, 3.05) is 0 Å². The summed E-state index contributed by atoms with van der Waals surface area (Å²) in [6.07, 6.45) is 20.1. The number of unbranched alkanes of at least 4 members (excludes halogenated alkanes) is 7. The van der Waals surface area contributed by atoms with Crippen LogP contribution in [0.5, 0.6) is 0 Å². The van der Waals surface area contributed by atoms with Gasteiger partial charge in [-0.15, -0.1) is 0 Å². The lowest BCUT2D eigenvalue weighted by atomic mass is 10.0. The highest BCUT2D eigenvalue weighted by Crippen LogP contribution is 2.18. The van der Waals surface area contributed by atoms with Crippen molar-refractivity contribution in [1.82, 2.24) is 19.9 Å². The number of aryl methyl sites for hydroxylation is 2. The Morgan fingerprint density at radius 2 is 0.794 bits per heavy atom. The summed E-state index contributed by atoms with van der Waals surface area (Å²) in [5.41, 5.74) is 6.55. The molecule has 0 radical (unpaired) electrons. The van der Waals surface area contributed by atoms with Crippen LogP contribution in [0.3, 0.4) is 0 Å². The van der Waals surface area contributed by atoms with Crippen LogP contribution in [-0.2, 0) is 12.8 Å². The van der Waals surface area contributed by atoms with Gasteiger partial charge in [0.25, 0.3) is 0 Å². The van der Waals surface area contributed by atoms with Crippen molar-refractivity contribution in [3.63, 3.8) is 0 Å². The standard InChI is InChI=1S/C30H34N4/c1(3-5-7-13-25-17-21-33-29(23-25)27-15-9-11-19-31-27)2-4-6-8-14-26-18-22-34-30(24-26)28-16-10-12-20-32-28/h9-12,15-24H,1-8,13-14H2. The second kappa shape index (κ2) is 13.3. The average molecular weight is 451 g/mol. The van der Waals surface area contributed by atoms with E-state index in [9.17, 15) is 0 Å². The fraction of sp³-hybridized carbons (Fsp3) is 0.333. The molecule has 4 rings (SSSR count). The van der Waals surface area contributed by atoms with E-state index in [0.717, 1.165) is 35.6 Å². The van der Waals surface area contributed by atoms with Gasteiger partial charge in [-0.25, -0.2) is 0 Å². The first kappa shape index (κ1) is 23.7. The molecule has 0 unspecified atom stereocenters. The molecule has 4 heterocycles. The molecule has 0 aliphatic rings. The van der Waals surface area contributed by atoms with E-state index in [2.05, 4.69) is 44.2 Å². The fourth-order valence-electron chi connectivity index (χ4n) is 4.29. The van der Waals surface area contributed by atoms with E-state index < -0.39 is 0 Å². The molecule has 0 bridgehead atoms. The molecule has 0 atom stereocenters. The maximum Gasteiger partial charge on any atom is 0.0888 e. The summed E-state index contributed by atoms with van der Waals surface area (Å²) in [4.78, 5) is 17.8. The van der Waals surface area contributed by atoms with Crippen LogP contribution in [0.25, 0.3) is 22.8 Å². The smallest absolute Gasteiger partial charge is 0.0888 e. The SMILES string of the molecule is c1ccc(-c2cc(CCCCCCCCCCc3ccnc(-c4ccccn4)c3)ccn2)nc1.